The van der Waals surface area contributed by atoms with Gasteiger partial charge in [-0.3, -0.25) is 0 Å². The molecule has 0 saturated carbocycles. The van der Waals surface area contributed by atoms with Crippen LogP contribution in [-0.2, 0) is 13.2 Å². The molecule has 3 aromatic carbocycles. The number of rotatable bonds is 6. The van der Waals surface area contributed by atoms with Crippen LogP contribution in [0.5, 0.6) is 5.75 Å². The van der Waals surface area contributed by atoms with Crippen molar-refractivity contribution in [2.75, 3.05) is 5.32 Å². The molecule has 0 amide bonds. The third-order valence-electron chi connectivity index (χ3n) is 4.08. The van der Waals surface area contributed by atoms with Crippen molar-refractivity contribution < 1.29 is 4.74 Å². The minimum absolute atomic E-state index is 0.310. The lowest BCUT2D eigenvalue weighted by molar-refractivity contribution is 0.303. The van der Waals surface area contributed by atoms with Gasteiger partial charge < -0.3 is 10.1 Å². The molecule has 140 valence electrons. The Balaban J connectivity index is 1.82. The van der Waals surface area contributed by atoms with Gasteiger partial charge in [0.25, 0.3) is 0 Å². The molecular formula is C21H17Cl4NO. The fraction of sp³-hybridized carbons (Fsp3) is 0.143. The Labute approximate surface area is 179 Å². The van der Waals surface area contributed by atoms with Crippen LogP contribution < -0.4 is 10.1 Å². The molecule has 6 heteroatoms. The molecule has 0 radical (unpaired) electrons. The highest BCUT2D eigenvalue weighted by atomic mass is 35.5. The third kappa shape index (κ3) is 5.24. The van der Waals surface area contributed by atoms with E-state index in [1.54, 1.807) is 6.07 Å². The summed E-state index contributed by atoms with van der Waals surface area (Å²) in [5.74, 6) is 0.577. The van der Waals surface area contributed by atoms with E-state index in [4.69, 9.17) is 51.1 Å². The highest BCUT2D eigenvalue weighted by molar-refractivity contribution is 6.35. The molecule has 0 bridgehead atoms. The minimum Gasteiger partial charge on any atom is -0.487 e. The number of benzene rings is 3. The molecule has 0 spiro atoms. The van der Waals surface area contributed by atoms with E-state index in [9.17, 15) is 0 Å². The molecule has 0 heterocycles. The van der Waals surface area contributed by atoms with E-state index < -0.39 is 0 Å². The zero-order valence-electron chi connectivity index (χ0n) is 14.5. The quantitative estimate of drug-likeness (QED) is 0.422. The minimum atomic E-state index is 0.310. The fourth-order valence-electron chi connectivity index (χ4n) is 2.65. The second-order valence-electron chi connectivity index (χ2n) is 6.07. The van der Waals surface area contributed by atoms with Crippen molar-refractivity contribution in [3.05, 3.63) is 91.4 Å². The van der Waals surface area contributed by atoms with E-state index in [0.29, 0.717) is 39.0 Å². The van der Waals surface area contributed by atoms with Crippen molar-refractivity contribution in [3.63, 3.8) is 0 Å². The second-order valence-corrected chi connectivity index (χ2v) is 7.76. The van der Waals surface area contributed by atoms with Crippen molar-refractivity contribution >= 4 is 52.1 Å². The van der Waals surface area contributed by atoms with Crippen molar-refractivity contribution in [1.82, 2.24) is 0 Å². The summed E-state index contributed by atoms with van der Waals surface area (Å²) in [5.41, 5.74) is 3.76. The normalized spacial score (nSPS) is 10.7. The molecule has 0 aliphatic heterocycles. The summed E-state index contributed by atoms with van der Waals surface area (Å²) in [6.45, 7) is 2.81. The Morgan fingerprint density at radius 1 is 0.815 bits per heavy atom. The Bertz CT molecular complexity index is 959. The Kier molecular flexibility index (Phi) is 6.78. The van der Waals surface area contributed by atoms with Gasteiger partial charge in [-0.2, -0.15) is 0 Å². The highest BCUT2D eigenvalue weighted by Gasteiger charge is 2.13. The lowest BCUT2D eigenvalue weighted by atomic mass is 10.1. The van der Waals surface area contributed by atoms with Crippen LogP contribution in [0.4, 0.5) is 5.69 Å². The standard InChI is InChI=1S/C21H17Cl4NO/c1-13-6-7-16(22)10-20(13)26-11-15-8-17(23)9-19(25)21(15)27-12-14-4-2-3-5-18(14)24/h2-10,26H,11-12H2,1H3. The van der Waals surface area contributed by atoms with Gasteiger partial charge >= 0.3 is 0 Å². The van der Waals surface area contributed by atoms with Gasteiger partial charge in [0.15, 0.2) is 0 Å². The Morgan fingerprint density at radius 2 is 1.59 bits per heavy atom. The summed E-state index contributed by atoms with van der Waals surface area (Å²) in [6.07, 6.45) is 0. The predicted octanol–water partition coefficient (Wildman–Crippen LogP) is 7.80. The zero-order valence-corrected chi connectivity index (χ0v) is 17.6. The summed E-state index contributed by atoms with van der Waals surface area (Å²) < 4.78 is 5.99. The molecule has 3 aromatic rings. The Hall–Kier alpha value is -1.58. The first kappa shape index (κ1) is 20.2. The van der Waals surface area contributed by atoms with Crippen molar-refractivity contribution in [2.24, 2.45) is 0 Å². The number of hydrogen-bond acceptors (Lipinski definition) is 2. The molecule has 0 fully saturated rings. The van der Waals surface area contributed by atoms with Gasteiger partial charge in [-0.15, -0.1) is 0 Å². The summed E-state index contributed by atoms with van der Waals surface area (Å²) in [4.78, 5) is 0. The van der Waals surface area contributed by atoms with Gasteiger partial charge in [-0.25, -0.2) is 0 Å². The molecule has 0 atom stereocenters. The lowest BCUT2D eigenvalue weighted by Gasteiger charge is -2.16. The number of anilines is 1. The van der Waals surface area contributed by atoms with E-state index in [0.717, 1.165) is 22.4 Å². The van der Waals surface area contributed by atoms with Crippen LogP contribution in [0.2, 0.25) is 20.1 Å². The number of nitrogens with one attached hydrogen (secondary N) is 1. The van der Waals surface area contributed by atoms with E-state index in [2.05, 4.69) is 5.32 Å². The van der Waals surface area contributed by atoms with Crippen LogP contribution in [0.25, 0.3) is 0 Å². The molecule has 0 unspecified atom stereocenters. The van der Waals surface area contributed by atoms with E-state index >= 15 is 0 Å². The van der Waals surface area contributed by atoms with Crippen LogP contribution in [0, 0.1) is 6.92 Å². The first-order valence-corrected chi connectivity index (χ1v) is 9.79. The van der Waals surface area contributed by atoms with Crippen LogP contribution in [0.15, 0.2) is 54.6 Å². The number of ether oxygens (including phenoxy) is 1. The molecule has 0 aliphatic rings. The SMILES string of the molecule is Cc1ccc(Cl)cc1NCc1cc(Cl)cc(Cl)c1OCc1ccccc1Cl. The first-order valence-electron chi connectivity index (χ1n) is 8.28. The summed E-state index contributed by atoms with van der Waals surface area (Å²) in [7, 11) is 0. The smallest absolute Gasteiger partial charge is 0.143 e. The van der Waals surface area contributed by atoms with Crippen LogP contribution >= 0.6 is 46.4 Å². The highest BCUT2D eigenvalue weighted by Crippen LogP contribution is 2.34. The van der Waals surface area contributed by atoms with Gasteiger partial charge in [0, 0.05) is 38.4 Å². The topological polar surface area (TPSA) is 21.3 Å². The fourth-order valence-corrected chi connectivity index (χ4v) is 3.60. The summed E-state index contributed by atoms with van der Waals surface area (Å²) in [6, 6.07) is 16.7. The molecule has 27 heavy (non-hydrogen) atoms. The molecule has 0 saturated heterocycles. The van der Waals surface area contributed by atoms with Gasteiger partial charge in [-0.1, -0.05) is 70.7 Å². The van der Waals surface area contributed by atoms with Gasteiger partial charge in [0.2, 0.25) is 0 Å². The van der Waals surface area contributed by atoms with Gasteiger partial charge in [-0.05, 0) is 42.8 Å². The maximum atomic E-state index is 6.39. The predicted molar refractivity (Wildman–Crippen MR) is 116 cm³/mol. The largest absolute Gasteiger partial charge is 0.487 e. The maximum Gasteiger partial charge on any atom is 0.143 e. The zero-order chi connectivity index (χ0) is 19.4. The Morgan fingerprint density at radius 3 is 2.37 bits per heavy atom. The molecular weight excluding hydrogens is 424 g/mol. The number of hydrogen-bond donors (Lipinski definition) is 1. The van der Waals surface area contributed by atoms with Gasteiger partial charge in [0.1, 0.15) is 12.4 Å². The molecule has 0 aromatic heterocycles. The second kappa shape index (κ2) is 9.07. The van der Waals surface area contributed by atoms with Crippen LogP contribution in [0.1, 0.15) is 16.7 Å². The molecule has 0 aliphatic carbocycles. The maximum absolute atomic E-state index is 6.39. The molecule has 2 nitrogen and oxygen atoms in total. The lowest BCUT2D eigenvalue weighted by Crippen LogP contribution is -2.05. The average molecular weight is 441 g/mol. The summed E-state index contributed by atoms with van der Waals surface area (Å²) in [5, 5.41) is 5.68. The first-order chi connectivity index (χ1) is 12.9. The number of aryl methyl sites for hydroxylation is 1. The van der Waals surface area contributed by atoms with Crippen LogP contribution in [-0.4, -0.2) is 0 Å². The summed E-state index contributed by atoms with van der Waals surface area (Å²) >= 11 is 24.9. The van der Waals surface area contributed by atoms with E-state index in [-0.39, 0.29) is 0 Å². The molecule has 1 N–H and O–H groups in total. The van der Waals surface area contributed by atoms with Crippen LogP contribution in [0.3, 0.4) is 0 Å². The number of halogens is 4. The monoisotopic (exact) mass is 439 g/mol. The van der Waals surface area contributed by atoms with E-state index in [1.165, 1.54) is 0 Å². The van der Waals surface area contributed by atoms with Crippen molar-refractivity contribution in [1.29, 1.82) is 0 Å². The van der Waals surface area contributed by atoms with Crippen molar-refractivity contribution in [2.45, 2.75) is 20.1 Å². The van der Waals surface area contributed by atoms with Gasteiger partial charge in [0.05, 0.1) is 5.02 Å². The third-order valence-corrected chi connectivity index (χ3v) is 5.19. The van der Waals surface area contributed by atoms with E-state index in [1.807, 2.05) is 55.5 Å². The van der Waals surface area contributed by atoms with Crippen molar-refractivity contribution in [3.8, 4) is 5.75 Å². The average Bonchev–Trinajstić information content (AvgIpc) is 2.63. The molecule has 3 rings (SSSR count).